The van der Waals surface area contributed by atoms with Gasteiger partial charge in [0.25, 0.3) is 0 Å². The Bertz CT molecular complexity index is 639. The molecule has 0 aliphatic heterocycles. The molecule has 0 aromatic heterocycles. The van der Waals surface area contributed by atoms with Crippen LogP contribution in [0.2, 0.25) is 0 Å². The lowest BCUT2D eigenvalue weighted by molar-refractivity contribution is 0.0600. The average Bonchev–Trinajstić information content (AvgIpc) is 2.37. The Morgan fingerprint density at radius 3 is 2.53 bits per heavy atom. The molecule has 0 amide bonds. The molecule has 3 nitrogen and oxygen atoms in total. The van der Waals surface area contributed by atoms with Crippen molar-refractivity contribution >= 4 is 5.97 Å². The van der Waals surface area contributed by atoms with Gasteiger partial charge in [-0.15, -0.1) is 0 Å². The number of esters is 1. The predicted octanol–water partition coefficient (Wildman–Crippen LogP) is 3.12. The summed E-state index contributed by atoms with van der Waals surface area (Å²) in [5.41, 5.74) is 0.269. The number of methoxy groups -OCH3 is 1. The third kappa shape index (κ3) is 2.70. The predicted molar refractivity (Wildman–Crippen MR) is 64.8 cm³/mol. The molecule has 2 rings (SSSR count). The van der Waals surface area contributed by atoms with E-state index in [0.717, 1.165) is 18.2 Å². The van der Waals surface area contributed by atoms with Gasteiger partial charge in [0.05, 0.1) is 12.7 Å². The summed E-state index contributed by atoms with van der Waals surface area (Å²) in [5, 5.41) is 9.13. The van der Waals surface area contributed by atoms with E-state index in [1.807, 2.05) is 0 Å². The molecule has 2 aromatic carbocycles. The zero-order chi connectivity index (χ0) is 14.0. The van der Waals surface area contributed by atoms with Crippen LogP contribution in [0.1, 0.15) is 10.4 Å². The SMILES string of the molecule is COC(=O)c1cc(F)cc(-c2ccc(O)cc2F)c1. The van der Waals surface area contributed by atoms with Crippen molar-refractivity contribution in [2.75, 3.05) is 7.11 Å². The summed E-state index contributed by atoms with van der Waals surface area (Å²) in [4.78, 5) is 11.4. The van der Waals surface area contributed by atoms with E-state index in [1.165, 1.54) is 25.3 Å². The molecule has 1 N–H and O–H groups in total. The van der Waals surface area contributed by atoms with E-state index in [1.54, 1.807) is 0 Å². The number of hydrogen-bond donors (Lipinski definition) is 1. The molecule has 0 atom stereocenters. The topological polar surface area (TPSA) is 46.5 Å². The first-order chi connectivity index (χ1) is 9.01. The molecular formula is C14H10F2O3. The van der Waals surface area contributed by atoms with Crippen LogP contribution in [0.25, 0.3) is 11.1 Å². The first kappa shape index (κ1) is 13.0. The minimum Gasteiger partial charge on any atom is -0.508 e. The van der Waals surface area contributed by atoms with Crippen molar-refractivity contribution in [2.45, 2.75) is 0 Å². The third-order valence-corrected chi connectivity index (χ3v) is 2.58. The van der Waals surface area contributed by atoms with Gasteiger partial charge < -0.3 is 9.84 Å². The number of hydrogen-bond acceptors (Lipinski definition) is 3. The first-order valence-electron chi connectivity index (χ1n) is 5.39. The highest BCUT2D eigenvalue weighted by Gasteiger charge is 2.12. The summed E-state index contributed by atoms with van der Waals surface area (Å²) in [7, 11) is 1.17. The van der Waals surface area contributed by atoms with Gasteiger partial charge in [-0.3, -0.25) is 0 Å². The normalized spacial score (nSPS) is 10.3. The number of halogens is 2. The van der Waals surface area contributed by atoms with E-state index >= 15 is 0 Å². The maximum absolute atomic E-state index is 13.7. The number of phenols is 1. The molecule has 0 heterocycles. The largest absolute Gasteiger partial charge is 0.508 e. The second-order valence-corrected chi connectivity index (χ2v) is 3.88. The number of rotatable bonds is 2. The van der Waals surface area contributed by atoms with Crippen LogP contribution in [0.5, 0.6) is 5.75 Å². The van der Waals surface area contributed by atoms with Gasteiger partial charge in [-0.25, -0.2) is 13.6 Å². The smallest absolute Gasteiger partial charge is 0.337 e. The summed E-state index contributed by atoms with van der Waals surface area (Å²) in [6.07, 6.45) is 0. The molecule has 0 aliphatic rings. The van der Waals surface area contributed by atoms with E-state index < -0.39 is 17.6 Å². The summed E-state index contributed by atoms with van der Waals surface area (Å²) < 4.78 is 31.6. The first-order valence-corrected chi connectivity index (χ1v) is 5.39. The lowest BCUT2D eigenvalue weighted by atomic mass is 10.0. The minimum atomic E-state index is -0.708. The van der Waals surface area contributed by atoms with Crippen molar-refractivity contribution in [3.8, 4) is 16.9 Å². The molecule has 0 saturated heterocycles. The highest BCUT2D eigenvalue weighted by atomic mass is 19.1. The maximum atomic E-state index is 13.7. The zero-order valence-electron chi connectivity index (χ0n) is 9.98. The Morgan fingerprint density at radius 1 is 1.16 bits per heavy atom. The Morgan fingerprint density at radius 2 is 1.89 bits per heavy atom. The van der Waals surface area contributed by atoms with Gasteiger partial charge in [0.1, 0.15) is 17.4 Å². The fourth-order valence-electron chi connectivity index (χ4n) is 1.72. The summed E-state index contributed by atoms with van der Waals surface area (Å²) in [6.45, 7) is 0. The molecule has 5 heteroatoms. The van der Waals surface area contributed by atoms with Gasteiger partial charge in [0, 0.05) is 11.6 Å². The van der Waals surface area contributed by atoms with Gasteiger partial charge in [-0.2, -0.15) is 0 Å². The van der Waals surface area contributed by atoms with Crippen LogP contribution in [-0.2, 0) is 4.74 Å². The Balaban J connectivity index is 2.56. The number of ether oxygens (including phenoxy) is 1. The monoisotopic (exact) mass is 264 g/mol. The molecule has 0 spiro atoms. The molecule has 98 valence electrons. The van der Waals surface area contributed by atoms with Gasteiger partial charge >= 0.3 is 5.97 Å². The molecule has 0 aliphatic carbocycles. The van der Waals surface area contributed by atoms with E-state index in [2.05, 4.69) is 4.74 Å². The van der Waals surface area contributed by atoms with E-state index in [0.29, 0.717) is 0 Å². The second kappa shape index (κ2) is 5.06. The summed E-state index contributed by atoms with van der Waals surface area (Å²) in [6, 6.07) is 6.93. The van der Waals surface area contributed by atoms with Gasteiger partial charge in [0.15, 0.2) is 0 Å². The van der Waals surface area contributed by atoms with Crippen molar-refractivity contribution < 1.29 is 23.4 Å². The van der Waals surface area contributed by atoms with Gasteiger partial charge in [0.2, 0.25) is 0 Å². The molecule has 0 saturated carbocycles. The van der Waals surface area contributed by atoms with Crippen LogP contribution in [0.3, 0.4) is 0 Å². The summed E-state index contributed by atoms with van der Waals surface area (Å²) >= 11 is 0. The van der Waals surface area contributed by atoms with E-state index in [9.17, 15) is 13.6 Å². The van der Waals surface area contributed by atoms with Crippen molar-refractivity contribution in [2.24, 2.45) is 0 Å². The Hall–Kier alpha value is -2.43. The van der Waals surface area contributed by atoms with Crippen LogP contribution in [0.4, 0.5) is 8.78 Å². The molecule has 19 heavy (non-hydrogen) atoms. The highest BCUT2D eigenvalue weighted by Crippen LogP contribution is 2.27. The lowest BCUT2D eigenvalue weighted by Gasteiger charge is -2.07. The molecule has 0 fully saturated rings. The van der Waals surface area contributed by atoms with Crippen molar-refractivity contribution in [3.63, 3.8) is 0 Å². The van der Waals surface area contributed by atoms with Crippen molar-refractivity contribution in [3.05, 3.63) is 53.6 Å². The van der Waals surface area contributed by atoms with Crippen LogP contribution in [-0.4, -0.2) is 18.2 Å². The van der Waals surface area contributed by atoms with Crippen LogP contribution in [0, 0.1) is 11.6 Å². The van der Waals surface area contributed by atoms with E-state index in [-0.39, 0.29) is 22.4 Å². The third-order valence-electron chi connectivity index (χ3n) is 2.58. The number of phenolic OH excluding ortho intramolecular Hbond substituents is 1. The van der Waals surface area contributed by atoms with Gasteiger partial charge in [-0.1, -0.05) is 0 Å². The maximum Gasteiger partial charge on any atom is 0.337 e. The number of aromatic hydroxyl groups is 1. The lowest BCUT2D eigenvalue weighted by Crippen LogP contribution is -2.02. The Kier molecular flexibility index (Phi) is 3.46. The fraction of sp³-hybridized carbons (Fsp3) is 0.0714. The molecule has 0 radical (unpaired) electrons. The molecule has 2 aromatic rings. The second-order valence-electron chi connectivity index (χ2n) is 3.88. The van der Waals surface area contributed by atoms with Crippen molar-refractivity contribution in [1.29, 1.82) is 0 Å². The van der Waals surface area contributed by atoms with Crippen LogP contribution >= 0.6 is 0 Å². The van der Waals surface area contributed by atoms with Crippen LogP contribution < -0.4 is 0 Å². The summed E-state index contributed by atoms with van der Waals surface area (Å²) in [5.74, 6) is -2.32. The standard InChI is InChI=1S/C14H10F2O3/c1-19-14(18)9-4-8(5-10(15)6-9)12-3-2-11(17)7-13(12)16/h2-7,17H,1H3. The molecule has 0 bridgehead atoms. The number of benzene rings is 2. The van der Waals surface area contributed by atoms with Crippen LogP contribution in [0.15, 0.2) is 36.4 Å². The fourth-order valence-corrected chi connectivity index (χ4v) is 1.72. The minimum absolute atomic E-state index is 0.00928. The number of carbonyl (C=O) groups excluding carboxylic acids is 1. The van der Waals surface area contributed by atoms with E-state index in [4.69, 9.17) is 5.11 Å². The van der Waals surface area contributed by atoms with Crippen molar-refractivity contribution in [1.82, 2.24) is 0 Å². The number of carbonyl (C=O) groups is 1. The van der Waals surface area contributed by atoms with Gasteiger partial charge in [-0.05, 0) is 35.9 Å². The quantitative estimate of drug-likeness (QED) is 0.848. The Labute approximate surface area is 108 Å². The average molecular weight is 264 g/mol. The molecule has 0 unspecified atom stereocenters. The highest BCUT2D eigenvalue weighted by molar-refractivity contribution is 5.91. The molecular weight excluding hydrogens is 254 g/mol. The zero-order valence-corrected chi connectivity index (χ0v) is 9.98.